The normalized spacial score (nSPS) is 10.9. The zero-order valence-corrected chi connectivity index (χ0v) is 22.3. The van der Waals surface area contributed by atoms with Gasteiger partial charge in [0.1, 0.15) is 11.4 Å². The highest BCUT2D eigenvalue weighted by molar-refractivity contribution is 7.90. The summed E-state index contributed by atoms with van der Waals surface area (Å²) in [4.78, 5) is 42.4. The SMILES string of the molecule is COC(=O)c1cc(Cl)cnc1NC(=O)c1ccccc1NC(=O)c1ccc(-c2ccccc2S(C)(=O)=O)cc1. The number of carbonyl (C=O) groups is 3. The fourth-order valence-electron chi connectivity index (χ4n) is 3.79. The van der Waals surface area contributed by atoms with Crippen LogP contribution in [0.3, 0.4) is 0 Å². The van der Waals surface area contributed by atoms with Crippen molar-refractivity contribution in [3.05, 3.63) is 107 Å². The fraction of sp³-hybridized carbons (Fsp3) is 0.0714. The predicted molar refractivity (Wildman–Crippen MR) is 148 cm³/mol. The molecule has 0 saturated heterocycles. The molecule has 9 nitrogen and oxygen atoms in total. The minimum atomic E-state index is -3.45. The van der Waals surface area contributed by atoms with Gasteiger partial charge in [0.15, 0.2) is 9.84 Å². The van der Waals surface area contributed by atoms with Crippen LogP contribution in [0.1, 0.15) is 31.1 Å². The van der Waals surface area contributed by atoms with E-state index in [1.807, 2.05) is 0 Å². The molecule has 1 aromatic heterocycles. The van der Waals surface area contributed by atoms with E-state index in [9.17, 15) is 22.8 Å². The van der Waals surface area contributed by atoms with Crippen molar-refractivity contribution in [3.63, 3.8) is 0 Å². The van der Waals surface area contributed by atoms with E-state index in [0.29, 0.717) is 11.1 Å². The molecule has 0 radical (unpaired) electrons. The van der Waals surface area contributed by atoms with Gasteiger partial charge in [-0.2, -0.15) is 0 Å². The Morgan fingerprint density at radius 3 is 2.21 bits per heavy atom. The zero-order chi connectivity index (χ0) is 28.2. The smallest absolute Gasteiger partial charge is 0.341 e. The Bertz CT molecular complexity index is 1690. The number of rotatable bonds is 7. The van der Waals surface area contributed by atoms with Gasteiger partial charge in [-0.25, -0.2) is 18.2 Å². The summed E-state index contributed by atoms with van der Waals surface area (Å²) >= 11 is 5.93. The highest BCUT2D eigenvalue weighted by atomic mass is 35.5. The van der Waals surface area contributed by atoms with Crippen molar-refractivity contribution >= 4 is 50.7 Å². The van der Waals surface area contributed by atoms with Crippen molar-refractivity contribution in [2.75, 3.05) is 24.0 Å². The number of benzene rings is 3. The Morgan fingerprint density at radius 1 is 0.846 bits per heavy atom. The van der Waals surface area contributed by atoms with E-state index < -0.39 is 27.6 Å². The standard InChI is InChI=1S/C28H22ClN3O6S/c1-38-28(35)22-15-19(29)16-30-25(22)32-27(34)21-8-3-5-9-23(21)31-26(33)18-13-11-17(12-14-18)20-7-4-6-10-24(20)39(2,36)37/h3-16H,1-2H3,(H,31,33)(H,30,32,34). The summed E-state index contributed by atoms with van der Waals surface area (Å²) in [6.45, 7) is 0. The first-order valence-electron chi connectivity index (χ1n) is 11.4. The Labute approximate surface area is 229 Å². The number of anilines is 2. The molecule has 4 rings (SSSR count). The Kier molecular flexibility index (Phi) is 8.08. The van der Waals surface area contributed by atoms with E-state index in [-0.39, 0.29) is 38.1 Å². The molecule has 4 aromatic rings. The lowest BCUT2D eigenvalue weighted by Crippen LogP contribution is -2.20. The van der Waals surface area contributed by atoms with Crippen LogP contribution in [0.25, 0.3) is 11.1 Å². The van der Waals surface area contributed by atoms with Crippen LogP contribution in [0.2, 0.25) is 5.02 Å². The number of sulfone groups is 1. The molecule has 0 aliphatic heterocycles. The fourth-order valence-corrected chi connectivity index (χ4v) is 4.86. The van der Waals surface area contributed by atoms with Crippen LogP contribution in [0.4, 0.5) is 11.5 Å². The molecular formula is C28H22ClN3O6S. The summed E-state index contributed by atoms with van der Waals surface area (Å²) in [6, 6.07) is 20.7. The molecule has 0 spiro atoms. The minimum absolute atomic E-state index is 0.0302. The third kappa shape index (κ3) is 6.31. The third-order valence-electron chi connectivity index (χ3n) is 5.66. The number of aromatic nitrogens is 1. The summed E-state index contributed by atoms with van der Waals surface area (Å²) < 4.78 is 29.0. The first-order chi connectivity index (χ1) is 18.6. The van der Waals surface area contributed by atoms with Gasteiger partial charge < -0.3 is 15.4 Å². The number of amides is 2. The number of methoxy groups -OCH3 is 1. The molecule has 1 heterocycles. The Balaban J connectivity index is 1.56. The van der Waals surface area contributed by atoms with E-state index in [1.54, 1.807) is 60.7 Å². The molecule has 0 saturated carbocycles. The molecule has 0 atom stereocenters. The number of nitrogens with one attached hydrogen (secondary N) is 2. The van der Waals surface area contributed by atoms with Crippen molar-refractivity contribution < 1.29 is 27.5 Å². The van der Waals surface area contributed by atoms with Gasteiger partial charge in [-0.05, 0) is 42.0 Å². The van der Waals surface area contributed by atoms with Gasteiger partial charge >= 0.3 is 5.97 Å². The van der Waals surface area contributed by atoms with Gasteiger partial charge in [0.25, 0.3) is 11.8 Å². The van der Waals surface area contributed by atoms with E-state index in [2.05, 4.69) is 15.6 Å². The maximum Gasteiger partial charge on any atom is 0.341 e. The van der Waals surface area contributed by atoms with Crippen LogP contribution in [0.15, 0.2) is 90.0 Å². The molecule has 2 amide bonds. The van der Waals surface area contributed by atoms with Gasteiger partial charge in [0.05, 0.1) is 28.3 Å². The number of nitrogens with zero attached hydrogens (tertiary/aromatic N) is 1. The number of esters is 1. The molecule has 2 N–H and O–H groups in total. The minimum Gasteiger partial charge on any atom is -0.465 e. The zero-order valence-electron chi connectivity index (χ0n) is 20.8. The average Bonchev–Trinajstić information content (AvgIpc) is 2.93. The van der Waals surface area contributed by atoms with Crippen LogP contribution in [-0.4, -0.2) is 44.6 Å². The van der Waals surface area contributed by atoms with Crippen molar-refractivity contribution in [1.29, 1.82) is 0 Å². The van der Waals surface area contributed by atoms with E-state index >= 15 is 0 Å². The third-order valence-corrected chi connectivity index (χ3v) is 7.02. The highest BCUT2D eigenvalue weighted by Gasteiger charge is 2.20. The monoisotopic (exact) mass is 563 g/mol. The molecule has 0 unspecified atom stereocenters. The number of pyridine rings is 1. The average molecular weight is 564 g/mol. The molecule has 3 aromatic carbocycles. The van der Waals surface area contributed by atoms with Gasteiger partial charge in [0, 0.05) is 23.6 Å². The van der Waals surface area contributed by atoms with Crippen LogP contribution in [-0.2, 0) is 14.6 Å². The number of hydrogen-bond donors (Lipinski definition) is 2. The molecule has 0 aliphatic carbocycles. The largest absolute Gasteiger partial charge is 0.465 e. The van der Waals surface area contributed by atoms with Crippen molar-refractivity contribution in [2.24, 2.45) is 0 Å². The summed E-state index contributed by atoms with van der Waals surface area (Å²) in [6.07, 6.45) is 2.41. The van der Waals surface area contributed by atoms with Crippen LogP contribution in [0.5, 0.6) is 0 Å². The summed E-state index contributed by atoms with van der Waals surface area (Å²) in [7, 11) is -2.26. The van der Waals surface area contributed by atoms with Gasteiger partial charge in [0.2, 0.25) is 0 Å². The van der Waals surface area contributed by atoms with Crippen molar-refractivity contribution in [3.8, 4) is 11.1 Å². The lowest BCUT2D eigenvalue weighted by atomic mass is 10.0. The summed E-state index contributed by atoms with van der Waals surface area (Å²) in [5.41, 5.74) is 1.76. The van der Waals surface area contributed by atoms with E-state index in [4.69, 9.17) is 16.3 Å². The Hall–Kier alpha value is -4.54. The first-order valence-corrected chi connectivity index (χ1v) is 13.7. The molecule has 0 fully saturated rings. The van der Waals surface area contributed by atoms with Crippen LogP contribution >= 0.6 is 11.6 Å². The molecule has 39 heavy (non-hydrogen) atoms. The molecule has 198 valence electrons. The lowest BCUT2D eigenvalue weighted by Gasteiger charge is -2.13. The first kappa shape index (κ1) is 27.5. The van der Waals surface area contributed by atoms with E-state index in [1.165, 1.54) is 31.5 Å². The molecule has 11 heteroatoms. The van der Waals surface area contributed by atoms with Gasteiger partial charge in [-0.3, -0.25) is 9.59 Å². The van der Waals surface area contributed by atoms with Crippen molar-refractivity contribution in [1.82, 2.24) is 4.98 Å². The Morgan fingerprint density at radius 2 is 1.51 bits per heavy atom. The second kappa shape index (κ2) is 11.5. The number of halogens is 1. The molecule has 0 bridgehead atoms. The van der Waals surface area contributed by atoms with E-state index in [0.717, 1.165) is 6.26 Å². The second-order valence-corrected chi connectivity index (χ2v) is 10.8. The number of hydrogen-bond acceptors (Lipinski definition) is 7. The molecular weight excluding hydrogens is 542 g/mol. The van der Waals surface area contributed by atoms with Gasteiger partial charge in [-0.15, -0.1) is 0 Å². The quantitative estimate of drug-likeness (QED) is 0.299. The summed E-state index contributed by atoms with van der Waals surface area (Å²) in [5.74, 6) is -1.90. The predicted octanol–water partition coefficient (Wildman–Crippen LogP) is 5.10. The summed E-state index contributed by atoms with van der Waals surface area (Å²) in [5, 5.41) is 5.46. The van der Waals surface area contributed by atoms with Crippen molar-refractivity contribution in [2.45, 2.75) is 4.90 Å². The number of para-hydroxylation sites is 1. The molecule has 0 aliphatic rings. The van der Waals surface area contributed by atoms with Gasteiger partial charge in [-0.1, -0.05) is 54.1 Å². The topological polar surface area (TPSA) is 132 Å². The van der Waals surface area contributed by atoms with Crippen LogP contribution < -0.4 is 10.6 Å². The number of ether oxygens (including phenoxy) is 1. The maximum atomic E-state index is 13.1. The maximum absolute atomic E-state index is 13.1. The number of carbonyl (C=O) groups excluding carboxylic acids is 3. The second-order valence-electron chi connectivity index (χ2n) is 8.34. The van der Waals surface area contributed by atoms with Crippen LogP contribution in [0, 0.1) is 0 Å². The highest BCUT2D eigenvalue weighted by Crippen LogP contribution is 2.28. The lowest BCUT2D eigenvalue weighted by molar-refractivity contribution is 0.0601.